The molecule has 0 spiro atoms. The van der Waals surface area contributed by atoms with Gasteiger partial charge in [-0.15, -0.1) is 0 Å². The van der Waals surface area contributed by atoms with Crippen molar-refractivity contribution in [2.75, 3.05) is 27.2 Å². The fraction of sp³-hybridized carbons (Fsp3) is 0.414. The SMILES string of the molecule is CCNC(=O)c1noc(-c2cc(C(C)C)c(O)cc2O)c1-c1ccc2c(c1)CCN(C(=O)C(C)N(C)C)C2. The predicted octanol–water partition coefficient (Wildman–Crippen LogP) is 4.13. The summed E-state index contributed by atoms with van der Waals surface area (Å²) in [7, 11) is 3.79. The van der Waals surface area contributed by atoms with Crippen LogP contribution in [0.3, 0.4) is 0 Å². The highest BCUT2D eigenvalue weighted by Crippen LogP contribution is 2.43. The van der Waals surface area contributed by atoms with Gasteiger partial charge in [-0.25, -0.2) is 0 Å². The average Bonchev–Trinajstić information content (AvgIpc) is 3.32. The first-order valence-electron chi connectivity index (χ1n) is 12.9. The Morgan fingerprint density at radius 2 is 1.84 bits per heavy atom. The number of benzene rings is 2. The van der Waals surface area contributed by atoms with Crippen LogP contribution in [0.25, 0.3) is 22.5 Å². The van der Waals surface area contributed by atoms with E-state index >= 15 is 0 Å². The van der Waals surface area contributed by atoms with Crippen LogP contribution in [0.15, 0.2) is 34.9 Å². The third-order valence-corrected chi connectivity index (χ3v) is 7.21. The molecule has 2 amide bonds. The average molecular weight is 521 g/mol. The van der Waals surface area contributed by atoms with E-state index in [1.54, 1.807) is 6.07 Å². The molecule has 1 unspecified atom stereocenters. The summed E-state index contributed by atoms with van der Waals surface area (Å²) in [4.78, 5) is 29.6. The van der Waals surface area contributed by atoms with Crippen molar-refractivity contribution in [2.24, 2.45) is 0 Å². The Bertz CT molecular complexity index is 1360. The van der Waals surface area contributed by atoms with Crippen LogP contribution in [-0.2, 0) is 17.8 Å². The molecule has 0 bridgehead atoms. The van der Waals surface area contributed by atoms with Crippen molar-refractivity contribution in [3.8, 4) is 33.9 Å². The number of phenolic OH excluding ortho intramolecular Hbond substituents is 2. The van der Waals surface area contributed by atoms with Gasteiger partial charge < -0.3 is 25.0 Å². The highest BCUT2D eigenvalue weighted by atomic mass is 16.5. The lowest BCUT2D eigenvalue weighted by molar-refractivity contribution is -0.136. The summed E-state index contributed by atoms with van der Waals surface area (Å²) in [5.41, 5.74) is 4.42. The Morgan fingerprint density at radius 1 is 1.11 bits per heavy atom. The Labute approximate surface area is 223 Å². The molecule has 0 fully saturated rings. The fourth-order valence-corrected chi connectivity index (χ4v) is 4.76. The number of nitrogens with zero attached hydrogens (tertiary/aromatic N) is 3. The van der Waals surface area contributed by atoms with E-state index in [9.17, 15) is 19.8 Å². The zero-order valence-electron chi connectivity index (χ0n) is 22.8. The predicted molar refractivity (Wildman–Crippen MR) is 145 cm³/mol. The van der Waals surface area contributed by atoms with E-state index in [0.29, 0.717) is 42.7 Å². The first-order chi connectivity index (χ1) is 18.0. The zero-order chi connectivity index (χ0) is 27.7. The second-order valence-corrected chi connectivity index (χ2v) is 10.3. The molecule has 1 aliphatic heterocycles. The third kappa shape index (κ3) is 5.11. The molecule has 0 saturated carbocycles. The van der Waals surface area contributed by atoms with Crippen molar-refractivity contribution >= 4 is 11.8 Å². The van der Waals surface area contributed by atoms with E-state index in [0.717, 1.165) is 16.7 Å². The van der Waals surface area contributed by atoms with Crippen molar-refractivity contribution in [1.82, 2.24) is 20.3 Å². The van der Waals surface area contributed by atoms with Crippen LogP contribution in [0.1, 0.15) is 60.8 Å². The van der Waals surface area contributed by atoms with E-state index in [1.807, 2.05) is 69.8 Å². The van der Waals surface area contributed by atoms with Crippen LogP contribution >= 0.6 is 0 Å². The summed E-state index contributed by atoms with van der Waals surface area (Å²) in [6.07, 6.45) is 0.675. The van der Waals surface area contributed by atoms with Gasteiger partial charge in [-0.1, -0.05) is 37.2 Å². The fourth-order valence-electron chi connectivity index (χ4n) is 4.76. The summed E-state index contributed by atoms with van der Waals surface area (Å²) >= 11 is 0. The van der Waals surface area contributed by atoms with Crippen molar-refractivity contribution in [1.29, 1.82) is 0 Å². The van der Waals surface area contributed by atoms with Gasteiger partial charge in [0.2, 0.25) is 5.91 Å². The lowest BCUT2D eigenvalue weighted by Gasteiger charge is -2.33. The maximum absolute atomic E-state index is 12.9. The first kappa shape index (κ1) is 27.2. The van der Waals surface area contributed by atoms with Crippen LogP contribution in [0.5, 0.6) is 11.5 Å². The minimum atomic E-state index is -0.382. The molecule has 0 radical (unpaired) electrons. The second-order valence-electron chi connectivity index (χ2n) is 10.3. The maximum atomic E-state index is 12.9. The molecule has 38 heavy (non-hydrogen) atoms. The highest BCUT2D eigenvalue weighted by molar-refractivity contribution is 6.02. The smallest absolute Gasteiger partial charge is 0.274 e. The van der Waals surface area contributed by atoms with Gasteiger partial charge in [0, 0.05) is 25.7 Å². The van der Waals surface area contributed by atoms with E-state index in [2.05, 4.69) is 10.5 Å². The van der Waals surface area contributed by atoms with Gasteiger partial charge >= 0.3 is 0 Å². The molecule has 2 heterocycles. The Balaban J connectivity index is 1.79. The number of carbonyl (C=O) groups excluding carboxylic acids is 2. The van der Waals surface area contributed by atoms with Crippen molar-refractivity contribution in [3.05, 3.63) is 52.7 Å². The van der Waals surface area contributed by atoms with Crippen LogP contribution < -0.4 is 5.32 Å². The molecule has 9 nitrogen and oxygen atoms in total. The van der Waals surface area contributed by atoms with Crippen LogP contribution in [0.4, 0.5) is 0 Å². The number of aromatic hydroxyl groups is 2. The standard InChI is InChI=1S/C29H36N4O5/c1-7-30-28(36)26-25(27(38-31-26)22-13-21(16(2)3)23(34)14-24(22)35)19-8-9-20-15-33(11-10-18(20)12-19)29(37)17(4)32(5)6/h8-9,12-14,16-17,34-35H,7,10-11,15H2,1-6H3,(H,30,36). The normalized spacial score (nSPS) is 14.1. The van der Waals surface area contributed by atoms with Gasteiger partial charge in [0.05, 0.1) is 17.2 Å². The Kier molecular flexibility index (Phi) is 7.78. The van der Waals surface area contributed by atoms with Crippen LogP contribution in [-0.4, -0.2) is 70.2 Å². The molecule has 202 valence electrons. The van der Waals surface area contributed by atoms with Gasteiger partial charge in [-0.3, -0.25) is 14.5 Å². The first-order valence-corrected chi connectivity index (χ1v) is 12.9. The van der Waals surface area contributed by atoms with Crippen LogP contribution in [0.2, 0.25) is 0 Å². The molecular formula is C29H36N4O5. The second kappa shape index (κ2) is 10.9. The number of rotatable bonds is 7. The van der Waals surface area contributed by atoms with E-state index in [-0.39, 0.29) is 46.7 Å². The molecule has 0 saturated heterocycles. The zero-order valence-corrected chi connectivity index (χ0v) is 22.8. The monoisotopic (exact) mass is 520 g/mol. The number of nitrogens with one attached hydrogen (secondary N) is 1. The Hall–Kier alpha value is -3.85. The minimum Gasteiger partial charge on any atom is -0.508 e. The van der Waals surface area contributed by atoms with E-state index in [1.165, 1.54) is 6.07 Å². The molecule has 1 aliphatic rings. The largest absolute Gasteiger partial charge is 0.508 e. The Morgan fingerprint density at radius 3 is 2.50 bits per heavy atom. The van der Waals surface area contributed by atoms with Crippen molar-refractivity contribution in [3.63, 3.8) is 0 Å². The number of amides is 2. The summed E-state index contributed by atoms with van der Waals surface area (Å²) in [6, 6.07) is 8.63. The molecular weight excluding hydrogens is 484 g/mol. The third-order valence-electron chi connectivity index (χ3n) is 7.21. The molecule has 4 rings (SSSR count). The summed E-state index contributed by atoms with van der Waals surface area (Å²) in [5, 5.41) is 27.9. The number of hydrogen-bond acceptors (Lipinski definition) is 7. The summed E-state index contributed by atoms with van der Waals surface area (Å²) in [5.74, 6) is -0.233. The van der Waals surface area contributed by atoms with E-state index < -0.39 is 0 Å². The highest BCUT2D eigenvalue weighted by Gasteiger charge is 2.29. The molecule has 9 heteroatoms. The molecule has 1 aromatic heterocycles. The lowest BCUT2D eigenvalue weighted by Crippen LogP contribution is -2.46. The van der Waals surface area contributed by atoms with Gasteiger partial charge in [-0.05, 0) is 68.6 Å². The molecule has 2 aromatic carbocycles. The molecule has 0 aliphatic carbocycles. The van der Waals surface area contributed by atoms with Gasteiger partial charge in [-0.2, -0.15) is 0 Å². The molecule has 3 N–H and O–H groups in total. The lowest BCUT2D eigenvalue weighted by atomic mass is 9.91. The van der Waals surface area contributed by atoms with Crippen LogP contribution in [0, 0.1) is 0 Å². The summed E-state index contributed by atoms with van der Waals surface area (Å²) in [6.45, 7) is 9.14. The van der Waals surface area contributed by atoms with Crippen molar-refractivity contribution < 1.29 is 24.3 Å². The van der Waals surface area contributed by atoms with E-state index in [4.69, 9.17) is 4.52 Å². The number of aromatic nitrogens is 1. The molecule has 1 atom stereocenters. The molecule has 3 aromatic rings. The number of fused-ring (bicyclic) bond motifs is 1. The van der Waals surface area contributed by atoms with Gasteiger partial charge in [0.1, 0.15) is 11.5 Å². The topological polar surface area (TPSA) is 119 Å². The van der Waals surface area contributed by atoms with Crippen molar-refractivity contribution in [2.45, 2.75) is 52.6 Å². The maximum Gasteiger partial charge on any atom is 0.274 e. The van der Waals surface area contributed by atoms with Gasteiger partial charge in [0.25, 0.3) is 5.91 Å². The number of hydrogen-bond donors (Lipinski definition) is 3. The number of likely N-dealkylation sites (N-methyl/N-ethyl adjacent to an activating group) is 1. The number of phenols is 2. The number of carbonyl (C=O) groups is 2. The quantitative estimate of drug-likeness (QED) is 0.429. The van der Waals surface area contributed by atoms with Gasteiger partial charge in [0.15, 0.2) is 11.5 Å². The summed E-state index contributed by atoms with van der Waals surface area (Å²) < 4.78 is 5.69. The minimum absolute atomic E-state index is 0.00630.